The smallest absolute Gasteiger partial charge is 0.262 e. The van der Waals surface area contributed by atoms with Gasteiger partial charge in [0.15, 0.2) is 6.61 Å². The molecule has 2 aliphatic rings. The Morgan fingerprint density at radius 2 is 2.00 bits per heavy atom. The summed E-state index contributed by atoms with van der Waals surface area (Å²) in [7, 11) is 0. The standard InChI is InChI=1S/C23H25FN2O4/c1-23(2,3)16-6-4-5-7-19(16)29-12-14-10-26(11-14)22(28)15-8-18-20(9-17(15)24)30-13-21(27)25-18/h4-9,14H,10-13H2,1-3H3,(H,25,27). The Hall–Kier alpha value is -3.09. The highest BCUT2D eigenvalue weighted by Gasteiger charge is 2.34. The van der Waals surface area contributed by atoms with E-state index >= 15 is 0 Å². The molecule has 0 bridgehead atoms. The van der Waals surface area contributed by atoms with Gasteiger partial charge in [0.1, 0.15) is 17.3 Å². The molecule has 7 heteroatoms. The molecule has 0 aromatic heterocycles. The third-order valence-electron chi connectivity index (χ3n) is 5.35. The van der Waals surface area contributed by atoms with Gasteiger partial charge in [-0.05, 0) is 23.1 Å². The molecule has 2 aromatic carbocycles. The molecule has 0 atom stereocenters. The van der Waals surface area contributed by atoms with Crippen LogP contribution < -0.4 is 14.8 Å². The second-order valence-corrected chi connectivity index (χ2v) is 8.80. The van der Waals surface area contributed by atoms with Crippen LogP contribution in [-0.2, 0) is 10.2 Å². The predicted octanol–water partition coefficient (Wildman–Crippen LogP) is 3.61. The van der Waals surface area contributed by atoms with Gasteiger partial charge in [-0.3, -0.25) is 9.59 Å². The Bertz CT molecular complexity index is 993. The Kier molecular flexibility index (Phi) is 5.13. The number of carbonyl (C=O) groups excluding carboxylic acids is 2. The fourth-order valence-corrected chi connectivity index (χ4v) is 3.70. The molecule has 6 nitrogen and oxygen atoms in total. The van der Waals surface area contributed by atoms with Crippen molar-refractivity contribution in [2.45, 2.75) is 26.2 Å². The van der Waals surface area contributed by atoms with Gasteiger partial charge in [0, 0.05) is 25.1 Å². The number of benzene rings is 2. The van der Waals surface area contributed by atoms with Crippen LogP contribution in [0.1, 0.15) is 36.7 Å². The van der Waals surface area contributed by atoms with Crippen molar-refractivity contribution in [2.24, 2.45) is 5.92 Å². The number of nitrogens with one attached hydrogen (secondary N) is 1. The summed E-state index contributed by atoms with van der Waals surface area (Å²) >= 11 is 0. The number of ether oxygens (including phenoxy) is 2. The first-order valence-electron chi connectivity index (χ1n) is 10.00. The van der Waals surface area contributed by atoms with E-state index in [4.69, 9.17) is 9.47 Å². The Labute approximate surface area is 175 Å². The Morgan fingerprint density at radius 3 is 2.73 bits per heavy atom. The van der Waals surface area contributed by atoms with Crippen molar-refractivity contribution in [3.8, 4) is 11.5 Å². The first-order chi connectivity index (χ1) is 14.2. The number of carbonyl (C=O) groups is 2. The lowest BCUT2D eigenvalue weighted by Crippen LogP contribution is -2.52. The molecule has 2 aliphatic heterocycles. The molecule has 30 heavy (non-hydrogen) atoms. The lowest BCUT2D eigenvalue weighted by molar-refractivity contribution is -0.118. The number of para-hydroxylation sites is 1. The maximum atomic E-state index is 14.4. The number of anilines is 1. The van der Waals surface area contributed by atoms with Gasteiger partial charge in [-0.1, -0.05) is 39.0 Å². The third kappa shape index (κ3) is 3.97. The maximum Gasteiger partial charge on any atom is 0.262 e. The van der Waals surface area contributed by atoms with Crippen molar-refractivity contribution in [1.82, 2.24) is 4.90 Å². The largest absolute Gasteiger partial charge is 0.493 e. The summed E-state index contributed by atoms with van der Waals surface area (Å²) in [4.78, 5) is 25.8. The summed E-state index contributed by atoms with van der Waals surface area (Å²) in [6, 6.07) is 10.5. The minimum Gasteiger partial charge on any atom is -0.493 e. The molecule has 1 N–H and O–H groups in total. The van der Waals surface area contributed by atoms with E-state index in [1.807, 2.05) is 18.2 Å². The zero-order chi connectivity index (χ0) is 21.5. The van der Waals surface area contributed by atoms with Gasteiger partial charge in [0.05, 0.1) is 17.9 Å². The molecule has 0 saturated carbocycles. The van der Waals surface area contributed by atoms with E-state index < -0.39 is 11.7 Å². The van der Waals surface area contributed by atoms with Crippen LogP contribution in [0.5, 0.6) is 11.5 Å². The fourth-order valence-electron chi connectivity index (χ4n) is 3.70. The first kappa shape index (κ1) is 20.2. The lowest BCUT2D eigenvalue weighted by atomic mass is 9.86. The SMILES string of the molecule is CC(C)(C)c1ccccc1OCC1CN(C(=O)c2cc3c(cc2F)OCC(=O)N3)C1. The topological polar surface area (TPSA) is 67.9 Å². The van der Waals surface area contributed by atoms with Gasteiger partial charge >= 0.3 is 0 Å². The normalized spacial score (nSPS) is 16.3. The summed E-state index contributed by atoms with van der Waals surface area (Å²) in [6.07, 6.45) is 0. The highest BCUT2D eigenvalue weighted by atomic mass is 19.1. The molecule has 0 aliphatic carbocycles. The van der Waals surface area contributed by atoms with E-state index in [2.05, 4.69) is 32.2 Å². The minimum absolute atomic E-state index is 0.0265. The number of hydrogen-bond acceptors (Lipinski definition) is 4. The number of likely N-dealkylation sites (tertiary alicyclic amines) is 1. The number of amides is 2. The van der Waals surface area contributed by atoms with Crippen molar-refractivity contribution in [1.29, 1.82) is 0 Å². The number of nitrogens with zero attached hydrogens (tertiary/aromatic N) is 1. The van der Waals surface area contributed by atoms with Crippen molar-refractivity contribution >= 4 is 17.5 Å². The minimum atomic E-state index is -0.659. The molecule has 0 spiro atoms. The third-order valence-corrected chi connectivity index (χ3v) is 5.35. The molecule has 2 amide bonds. The molecule has 2 aromatic rings. The highest BCUT2D eigenvalue weighted by Crippen LogP contribution is 2.33. The van der Waals surface area contributed by atoms with Gasteiger partial charge in [-0.25, -0.2) is 4.39 Å². The van der Waals surface area contributed by atoms with Gasteiger partial charge in [0.2, 0.25) is 0 Å². The maximum absolute atomic E-state index is 14.4. The van der Waals surface area contributed by atoms with Crippen LogP contribution in [0.3, 0.4) is 0 Å². The Balaban J connectivity index is 1.37. The van der Waals surface area contributed by atoms with Gasteiger partial charge < -0.3 is 19.7 Å². The van der Waals surface area contributed by atoms with Crippen LogP contribution in [0.15, 0.2) is 36.4 Å². The average molecular weight is 412 g/mol. The predicted molar refractivity (Wildman–Crippen MR) is 111 cm³/mol. The Morgan fingerprint density at radius 1 is 1.27 bits per heavy atom. The van der Waals surface area contributed by atoms with Crippen molar-refractivity contribution in [3.63, 3.8) is 0 Å². The quantitative estimate of drug-likeness (QED) is 0.833. The van der Waals surface area contributed by atoms with E-state index in [-0.39, 0.29) is 35.2 Å². The van der Waals surface area contributed by atoms with Crippen LogP contribution in [0, 0.1) is 11.7 Å². The molecule has 158 valence electrons. The molecule has 4 rings (SSSR count). The fraction of sp³-hybridized carbons (Fsp3) is 0.391. The summed E-state index contributed by atoms with van der Waals surface area (Å²) < 4.78 is 25.6. The molecule has 1 fully saturated rings. The summed E-state index contributed by atoms with van der Waals surface area (Å²) in [5.41, 5.74) is 1.35. The number of halogens is 1. The molecular formula is C23H25FN2O4. The molecule has 2 heterocycles. The van der Waals surface area contributed by atoms with E-state index in [0.717, 1.165) is 17.4 Å². The number of rotatable bonds is 4. The second-order valence-electron chi connectivity index (χ2n) is 8.80. The zero-order valence-corrected chi connectivity index (χ0v) is 17.3. The van der Waals surface area contributed by atoms with E-state index in [1.165, 1.54) is 6.07 Å². The van der Waals surface area contributed by atoms with Crippen molar-refractivity contribution in [2.75, 3.05) is 31.6 Å². The van der Waals surface area contributed by atoms with Crippen LogP contribution in [0.25, 0.3) is 0 Å². The number of fused-ring (bicyclic) bond motifs is 1. The first-order valence-corrected chi connectivity index (χ1v) is 10.00. The molecule has 0 unspecified atom stereocenters. The van der Waals surface area contributed by atoms with Crippen LogP contribution in [-0.4, -0.2) is 43.0 Å². The molecule has 0 radical (unpaired) electrons. The molecule has 1 saturated heterocycles. The zero-order valence-electron chi connectivity index (χ0n) is 17.3. The summed E-state index contributed by atoms with van der Waals surface area (Å²) in [5, 5.41) is 2.60. The van der Waals surface area contributed by atoms with Crippen molar-refractivity contribution in [3.05, 3.63) is 53.3 Å². The van der Waals surface area contributed by atoms with E-state index in [0.29, 0.717) is 25.4 Å². The average Bonchev–Trinajstić information content (AvgIpc) is 2.66. The summed E-state index contributed by atoms with van der Waals surface area (Å²) in [5.74, 6) is -0.118. The highest BCUT2D eigenvalue weighted by molar-refractivity contribution is 6.00. The van der Waals surface area contributed by atoms with Gasteiger partial charge in [-0.2, -0.15) is 0 Å². The second kappa shape index (κ2) is 7.63. The van der Waals surface area contributed by atoms with Crippen molar-refractivity contribution < 1.29 is 23.5 Å². The van der Waals surface area contributed by atoms with Crippen LogP contribution in [0.4, 0.5) is 10.1 Å². The van der Waals surface area contributed by atoms with Crippen LogP contribution in [0.2, 0.25) is 0 Å². The monoisotopic (exact) mass is 412 g/mol. The lowest BCUT2D eigenvalue weighted by Gasteiger charge is -2.39. The van der Waals surface area contributed by atoms with Crippen LogP contribution >= 0.6 is 0 Å². The number of hydrogen-bond donors (Lipinski definition) is 1. The van der Waals surface area contributed by atoms with E-state index in [1.54, 1.807) is 4.90 Å². The van der Waals surface area contributed by atoms with E-state index in [9.17, 15) is 14.0 Å². The molecular weight excluding hydrogens is 387 g/mol. The summed E-state index contributed by atoms with van der Waals surface area (Å²) in [6.45, 7) is 7.74. The van der Waals surface area contributed by atoms with Gasteiger partial charge in [-0.15, -0.1) is 0 Å². The van der Waals surface area contributed by atoms with Gasteiger partial charge in [0.25, 0.3) is 11.8 Å².